The van der Waals surface area contributed by atoms with Crippen molar-refractivity contribution in [1.82, 2.24) is 0 Å². The Morgan fingerprint density at radius 3 is 2.48 bits per heavy atom. The normalized spacial score (nSPS) is 14.2. The van der Waals surface area contributed by atoms with Crippen LogP contribution in [0, 0.1) is 5.21 Å². The van der Waals surface area contributed by atoms with Crippen LogP contribution < -0.4 is 0 Å². The number of unbranched alkanes of at least 4 members (excludes halogenated alkanes) is 1. The lowest BCUT2D eigenvalue weighted by molar-refractivity contribution is -0.455. The van der Waals surface area contributed by atoms with Crippen LogP contribution in [0.1, 0.15) is 57.3 Å². The van der Waals surface area contributed by atoms with Crippen LogP contribution in [0.5, 0.6) is 0 Å². The van der Waals surface area contributed by atoms with Gasteiger partial charge in [-0.1, -0.05) is 51.1 Å². The quantitative estimate of drug-likeness (QED) is 0.0688. The van der Waals surface area contributed by atoms with Crippen LogP contribution in [0.25, 0.3) is 0 Å². The number of ether oxygens (including phenoxy) is 1. The summed E-state index contributed by atoms with van der Waals surface area (Å²) < 4.78 is 12.6. The van der Waals surface area contributed by atoms with Crippen LogP contribution in [0.15, 0.2) is 42.5 Å². The van der Waals surface area contributed by atoms with Crippen LogP contribution in [0.2, 0.25) is 18.1 Å². The Kier molecular flexibility index (Phi) is 10.3. The van der Waals surface area contributed by atoms with E-state index in [1.54, 1.807) is 30.5 Å². The number of nitrogens with zero attached hydrogens (tertiary/aromatic N) is 1. The molecule has 0 aliphatic rings. The number of benzene rings is 1. The largest absolute Gasteiger partial charge is 0.624 e. The highest BCUT2D eigenvalue weighted by Crippen LogP contribution is 2.37. The van der Waals surface area contributed by atoms with Crippen LogP contribution >= 0.6 is 0 Å². The summed E-state index contributed by atoms with van der Waals surface area (Å²) in [7, 11) is -1.88. The molecule has 162 valence electrons. The Morgan fingerprint density at radius 1 is 1.24 bits per heavy atom. The molecule has 5 nitrogen and oxygen atoms in total. The third-order valence-electron chi connectivity index (χ3n) is 5.22. The molecule has 1 atom stereocenters. The third kappa shape index (κ3) is 9.41. The summed E-state index contributed by atoms with van der Waals surface area (Å²) in [4.78, 5) is 11.8. The van der Waals surface area contributed by atoms with Crippen LogP contribution in [-0.2, 0) is 9.16 Å². The molecule has 0 fully saturated rings. The molecule has 29 heavy (non-hydrogen) atoms. The van der Waals surface area contributed by atoms with Gasteiger partial charge in [0.05, 0.1) is 18.3 Å². The van der Waals surface area contributed by atoms with Gasteiger partial charge in [0, 0.05) is 12.8 Å². The second kappa shape index (κ2) is 11.9. The molecule has 6 heteroatoms. The average molecular weight is 420 g/mol. The Labute approximate surface area is 177 Å². The zero-order valence-electron chi connectivity index (χ0n) is 18.8. The molecule has 0 saturated heterocycles. The standard InChI is InChI=1S/C23H37NO4Si/c1-7-13-21(28-29(5,6)23(2,3)4)16-18-24(26)17-11-12-19-27-22(25)20-14-9-8-10-15-20/h7-10,13-15,17,21H,11-12,16,18-19H2,1-6H3/b13-7+,24-17-. The summed E-state index contributed by atoms with van der Waals surface area (Å²) in [5.74, 6) is -0.332. The molecule has 0 aliphatic carbocycles. The maximum atomic E-state index is 12.1. The van der Waals surface area contributed by atoms with E-state index in [0.717, 1.165) is 4.74 Å². The lowest BCUT2D eigenvalue weighted by Gasteiger charge is -2.38. The van der Waals surface area contributed by atoms with Gasteiger partial charge in [-0.05, 0) is 43.6 Å². The molecule has 1 aromatic rings. The zero-order valence-corrected chi connectivity index (χ0v) is 19.8. The van der Waals surface area contributed by atoms with E-state index in [0.29, 0.717) is 38.0 Å². The second-order valence-corrected chi connectivity index (χ2v) is 13.5. The SMILES string of the molecule is C/C=C/C(CC/[N+]([O-])=C/CCCOC(=O)c1ccccc1)O[Si](C)(C)C(C)(C)C. The van der Waals surface area contributed by atoms with Gasteiger partial charge in [0.25, 0.3) is 0 Å². The number of esters is 1. The van der Waals surface area contributed by atoms with E-state index in [9.17, 15) is 10.0 Å². The molecule has 0 radical (unpaired) electrons. The van der Waals surface area contributed by atoms with Crippen molar-refractivity contribution in [3.63, 3.8) is 0 Å². The van der Waals surface area contributed by atoms with Gasteiger partial charge in [-0.3, -0.25) is 0 Å². The molecule has 0 heterocycles. The molecular formula is C23H37NO4Si. The van der Waals surface area contributed by atoms with Crippen molar-refractivity contribution >= 4 is 20.5 Å². The van der Waals surface area contributed by atoms with Gasteiger partial charge in [0.15, 0.2) is 21.1 Å². The summed E-state index contributed by atoms with van der Waals surface area (Å²) in [6, 6.07) is 8.90. The topological polar surface area (TPSA) is 61.6 Å². The van der Waals surface area contributed by atoms with Crippen molar-refractivity contribution in [2.75, 3.05) is 13.2 Å². The first-order valence-electron chi connectivity index (χ1n) is 10.4. The van der Waals surface area contributed by atoms with Crippen LogP contribution in [0.4, 0.5) is 0 Å². The molecule has 0 bridgehead atoms. The molecule has 0 spiro atoms. The fourth-order valence-electron chi connectivity index (χ4n) is 2.45. The van der Waals surface area contributed by atoms with E-state index >= 15 is 0 Å². The molecular weight excluding hydrogens is 382 g/mol. The van der Waals surface area contributed by atoms with E-state index in [2.05, 4.69) is 33.9 Å². The highest BCUT2D eigenvalue weighted by atomic mass is 28.4. The van der Waals surface area contributed by atoms with E-state index < -0.39 is 8.32 Å². The van der Waals surface area contributed by atoms with E-state index in [-0.39, 0.29) is 17.1 Å². The number of carbonyl (C=O) groups is 1. The van der Waals surface area contributed by atoms with Gasteiger partial charge in [0.2, 0.25) is 0 Å². The highest BCUT2D eigenvalue weighted by Gasteiger charge is 2.38. The minimum atomic E-state index is -1.88. The summed E-state index contributed by atoms with van der Waals surface area (Å²) in [6.45, 7) is 13.7. The smallest absolute Gasteiger partial charge is 0.338 e. The minimum absolute atomic E-state index is 0.0439. The lowest BCUT2D eigenvalue weighted by Crippen LogP contribution is -2.43. The molecule has 0 aromatic heterocycles. The van der Waals surface area contributed by atoms with Crippen molar-refractivity contribution in [3.05, 3.63) is 53.3 Å². The first kappa shape index (κ1) is 25.1. The van der Waals surface area contributed by atoms with E-state index in [1.165, 1.54) is 0 Å². The Hall–Kier alpha value is -1.92. The number of hydrogen-bond acceptors (Lipinski definition) is 4. The fraction of sp³-hybridized carbons (Fsp3) is 0.565. The van der Waals surface area contributed by atoms with Gasteiger partial charge in [0.1, 0.15) is 0 Å². The Bertz CT molecular complexity index is 678. The third-order valence-corrected chi connectivity index (χ3v) is 9.72. The number of hydrogen-bond donors (Lipinski definition) is 0. The summed E-state index contributed by atoms with van der Waals surface area (Å²) in [5, 5.41) is 12.3. The summed E-state index contributed by atoms with van der Waals surface area (Å²) >= 11 is 0. The van der Waals surface area contributed by atoms with Crippen molar-refractivity contribution in [2.45, 2.75) is 71.2 Å². The Balaban J connectivity index is 2.38. The fourth-order valence-corrected chi connectivity index (χ4v) is 3.76. The van der Waals surface area contributed by atoms with Crippen molar-refractivity contribution in [1.29, 1.82) is 0 Å². The molecule has 0 aliphatic heterocycles. The highest BCUT2D eigenvalue weighted by molar-refractivity contribution is 6.74. The minimum Gasteiger partial charge on any atom is -0.624 e. The maximum absolute atomic E-state index is 12.1. The predicted molar refractivity (Wildman–Crippen MR) is 122 cm³/mol. The number of rotatable bonds is 11. The van der Waals surface area contributed by atoms with Gasteiger partial charge in [-0.25, -0.2) is 9.53 Å². The predicted octanol–water partition coefficient (Wildman–Crippen LogP) is 5.56. The monoisotopic (exact) mass is 419 g/mol. The number of allylic oxidation sites excluding steroid dienone is 1. The van der Waals surface area contributed by atoms with Gasteiger partial charge < -0.3 is 14.4 Å². The molecule has 0 amide bonds. The zero-order chi connectivity index (χ0) is 21.9. The van der Waals surface area contributed by atoms with Crippen molar-refractivity contribution in [3.8, 4) is 0 Å². The van der Waals surface area contributed by atoms with Gasteiger partial charge >= 0.3 is 5.97 Å². The first-order chi connectivity index (χ1) is 13.6. The number of carbonyl (C=O) groups excluding carboxylic acids is 1. The molecule has 0 N–H and O–H groups in total. The maximum Gasteiger partial charge on any atom is 0.338 e. The number of hydroxylamine groups is 1. The van der Waals surface area contributed by atoms with E-state index in [1.807, 2.05) is 25.1 Å². The second-order valence-electron chi connectivity index (χ2n) is 8.70. The van der Waals surface area contributed by atoms with Crippen LogP contribution in [-0.4, -0.2) is 44.5 Å². The van der Waals surface area contributed by atoms with Crippen molar-refractivity contribution in [2.24, 2.45) is 0 Å². The Morgan fingerprint density at radius 2 is 1.90 bits per heavy atom. The molecule has 0 saturated carbocycles. The van der Waals surface area contributed by atoms with E-state index in [4.69, 9.17) is 9.16 Å². The van der Waals surface area contributed by atoms with Gasteiger partial charge in [-0.15, -0.1) is 0 Å². The molecule has 1 aromatic carbocycles. The van der Waals surface area contributed by atoms with Crippen LogP contribution in [0.3, 0.4) is 0 Å². The lowest BCUT2D eigenvalue weighted by atomic mass is 10.2. The average Bonchev–Trinajstić information content (AvgIpc) is 2.65. The first-order valence-corrected chi connectivity index (χ1v) is 13.3. The molecule has 1 rings (SSSR count). The summed E-state index contributed by atoms with van der Waals surface area (Å²) in [6.07, 6.45) is 7.45. The van der Waals surface area contributed by atoms with Gasteiger partial charge in [-0.2, -0.15) is 0 Å². The summed E-state index contributed by atoms with van der Waals surface area (Å²) in [5.41, 5.74) is 0.540. The molecule has 1 unspecified atom stereocenters. The van der Waals surface area contributed by atoms with Crippen molar-refractivity contribution < 1.29 is 18.7 Å².